The Kier molecular flexibility index (Phi) is 5.50. The van der Waals surface area contributed by atoms with E-state index in [2.05, 4.69) is 10.6 Å². The van der Waals surface area contributed by atoms with Crippen molar-refractivity contribution in [3.8, 4) is 0 Å². The van der Waals surface area contributed by atoms with Gasteiger partial charge in [0.15, 0.2) is 5.11 Å². The van der Waals surface area contributed by atoms with Crippen LogP contribution in [-0.2, 0) is 0 Å². The molecule has 0 heterocycles. The predicted molar refractivity (Wildman–Crippen MR) is 87.0 cm³/mol. The van der Waals surface area contributed by atoms with E-state index < -0.39 is 11.9 Å². The molecular formula is C15H14ClFN2OS. The molecule has 0 saturated heterocycles. The number of halogens is 2. The van der Waals surface area contributed by atoms with E-state index in [1.54, 1.807) is 0 Å². The summed E-state index contributed by atoms with van der Waals surface area (Å²) in [5, 5.41) is 16.1. The van der Waals surface area contributed by atoms with Gasteiger partial charge in [-0.1, -0.05) is 41.9 Å². The molecule has 0 amide bonds. The molecule has 0 spiro atoms. The Labute approximate surface area is 132 Å². The monoisotopic (exact) mass is 324 g/mol. The standard InChI is InChI=1S/C15H14ClFN2OS/c16-12-8-11(6-7-13(12)17)19-15(21)18-9-14(20)10-4-2-1-3-5-10/h1-8,14,20H,9H2,(H2,18,19,21)/t14-/m0/s1. The van der Waals surface area contributed by atoms with Gasteiger partial charge in [-0.05, 0) is 36.0 Å². The van der Waals surface area contributed by atoms with Crippen LogP contribution in [0.1, 0.15) is 11.7 Å². The van der Waals surface area contributed by atoms with Crippen molar-refractivity contribution >= 4 is 34.6 Å². The highest BCUT2D eigenvalue weighted by atomic mass is 35.5. The molecule has 0 aliphatic carbocycles. The topological polar surface area (TPSA) is 44.3 Å². The maximum atomic E-state index is 13.0. The molecule has 0 bridgehead atoms. The van der Waals surface area contributed by atoms with Crippen LogP contribution in [0.3, 0.4) is 0 Å². The molecule has 21 heavy (non-hydrogen) atoms. The van der Waals surface area contributed by atoms with Crippen LogP contribution in [0.2, 0.25) is 5.02 Å². The fourth-order valence-electron chi connectivity index (χ4n) is 1.73. The summed E-state index contributed by atoms with van der Waals surface area (Å²) in [7, 11) is 0. The molecule has 0 fully saturated rings. The second-order valence-corrected chi connectivity index (χ2v) is 5.21. The number of anilines is 1. The Morgan fingerprint density at radius 1 is 1.24 bits per heavy atom. The van der Waals surface area contributed by atoms with Gasteiger partial charge < -0.3 is 15.7 Å². The molecule has 0 radical (unpaired) electrons. The summed E-state index contributed by atoms with van der Waals surface area (Å²) in [5.41, 5.74) is 1.38. The van der Waals surface area contributed by atoms with Crippen LogP contribution < -0.4 is 10.6 Å². The van der Waals surface area contributed by atoms with Crippen LogP contribution in [-0.4, -0.2) is 16.8 Å². The summed E-state index contributed by atoms with van der Waals surface area (Å²) in [5.74, 6) is -0.486. The number of rotatable bonds is 4. The molecule has 2 rings (SSSR count). The molecule has 0 aliphatic heterocycles. The third kappa shape index (κ3) is 4.67. The number of aliphatic hydroxyl groups excluding tert-OH is 1. The fourth-order valence-corrected chi connectivity index (χ4v) is 2.11. The number of hydrogen-bond donors (Lipinski definition) is 3. The van der Waals surface area contributed by atoms with Crippen LogP contribution in [0.5, 0.6) is 0 Å². The third-order valence-corrected chi connectivity index (χ3v) is 3.35. The average molecular weight is 325 g/mol. The summed E-state index contributed by atoms with van der Waals surface area (Å²) in [6.45, 7) is 0.269. The lowest BCUT2D eigenvalue weighted by Crippen LogP contribution is -2.32. The van der Waals surface area contributed by atoms with Gasteiger partial charge in [0.1, 0.15) is 5.82 Å². The van der Waals surface area contributed by atoms with Crippen LogP contribution >= 0.6 is 23.8 Å². The lowest BCUT2D eigenvalue weighted by Gasteiger charge is -2.15. The van der Waals surface area contributed by atoms with E-state index in [-0.39, 0.29) is 11.6 Å². The van der Waals surface area contributed by atoms with Crippen molar-refractivity contribution in [3.63, 3.8) is 0 Å². The molecule has 3 nitrogen and oxygen atoms in total. The average Bonchev–Trinajstić information content (AvgIpc) is 2.49. The van der Waals surface area contributed by atoms with E-state index in [4.69, 9.17) is 23.8 Å². The minimum absolute atomic E-state index is 0.0205. The Balaban J connectivity index is 1.86. The number of benzene rings is 2. The van der Waals surface area contributed by atoms with Crippen molar-refractivity contribution in [1.82, 2.24) is 5.32 Å². The summed E-state index contributed by atoms with van der Waals surface area (Å²) >= 11 is 10.8. The van der Waals surface area contributed by atoms with Gasteiger partial charge in [-0.2, -0.15) is 0 Å². The molecule has 6 heteroatoms. The minimum atomic E-state index is -0.664. The molecule has 2 aromatic carbocycles. The van der Waals surface area contributed by atoms with E-state index in [1.807, 2.05) is 30.3 Å². The zero-order chi connectivity index (χ0) is 15.2. The largest absolute Gasteiger partial charge is 0.387 e. The Bertz CT molecular complexity index is 624. The summed E-state index contributed by atoms with van der Waals surface area (Å²) in [6, 6.07) is 13.5. The van der Waals surface area contributed by atoms with Crippen molar-refractivity contribution in [2.75, 3.05) is 11.9 Å². The van der Waals surface area contributed by atoms with Gasteiger partial charge in [-0.25, -0.2) is 4.39 Å². The van der Waals surface area contributed by atoms with Crippen LogP contribution in [0.4, 0.5) is 10.1 Å². The molecular weight excluding hydrogens is 311 g/mol. The highest BCUT2D eigenvalue weighted by Gasteiger charge is 2.08. The van der Waals surface area contributed by atoms with Gasteiger partial charge in [-0.15, -0.1) is 0 Å². The Morgan fingerprint density at radius 3 is 2.62 bits per heavy atom. The summed E-state index contributed by atoms with van der Waals surface area (Å²) < 4.78 is 13.0. The van der Waals surface area contributed by atoms with E-state index in [9.17, 15) is 9.50 Å². The second kappa shape index (κ2) is 7.36. The van der Waals surface area contributed by atoms with Crippen LogP contribution in [0, 0.1) is 5.82 Å². The van der Waals surface area contributed by atoms with Crippen LogP contribution in [0.15, 0.2) is 48.5 Å². The van der Waals surface area contributed by atoms with Crippen molar-refractivity contribution < 1.29 is 9.50 Å². The lowest BCUT2D eigenvalue weighted by molar-refractivity contribution is 0.181. The molecule has 1 atom stereocenters. The number of hydrogen-bond acceptors (Lipinski definition) is 2. The zero-order valence-electron chi connectivity index (χ0n) is 11.0. The Morgan fingerprint density at radius 2 is 1.95 bits per heavy atom. The van der Waals surface area contributed by atoms with Crippen LogP contribution in [0.25, 0.3) is 0 Å². The molecule has 0 aromatic heterocycles. The highest BCUT2D eigenvalue weighted by Crippen LogP contribution is 2.19. The maximum Gasteiger partial charge on any atom is 0.170 e. The smallest absolute Gasteiger partial charge is 0.170 e. The first-order valence-corrected chi connectivity index (χ1v) is 7.08. The van der Waals surface area contributed by atoms with Gasteiger partial charge in [-0.3, -0.25) is 0 Å². The van der Waals surface area contributed by atoms with Crippen molar-refractivity contribution in [1.29, 1.82) is 0 Å². The Hall–Kier alpha value is -1.69. The zero-order valence-corrected chi connectivity index (χ0v) is 12.6. The predicted octanol–water partition coefficient (Wildman–Crippen LogP) is 3.50. The number of aliphatic hydroxyl groups is 1. The molecule has 3 N–H and O–H groups in total. The molecule has 0 saturated carbocycles. The van der Waals surface area contributed by atoms with Gasteiger partial charge >= 0.3 is 0 Å². The van der Waals surface area contributed by atoms with Crippen molar-refractivity contribution in [2.45, 2.75) is 6.10 Å². The number of thiocarbonyl (C=S) groups is 1. The first-order chi connectivity index (χ1) is 10.1. The van der Waals surface area contributed by atoms with Gasteiger partial charge in [0.25, 0.3) is 0 Å². The SMILES string of the molecule is O[C@@H](CNC(=S)Nc1ccc(F)c(Cl)c1)c1ccccc1. The van der Waals surface area contributed by atoms with Crippen molar-refractivity contribution in [2.24, 2.45) is 0 Å². The van der Waals surface area contributed by atoms with E-state index >= 15 is 0 Å². The lowest BCUT2D eigenvalue weighted by atomic mass is 10.1. The van der Waals surface area contributed by atoms with E-state index in [0.29, 0.717) is 10.8 Å². The normalized spacial score (nSPS) is 11.8. The van der Waals surface area contributed by atoms with E-state index in [1.165, 1.54) is 18.2 Å². The summed E-state index contributed by atoms with van der Waals surface area (Å²) in [6.07, 6.45) is -0.664. The number of nitrogens with one attached hydrogen (secondary N) is 2. The van der Waals surface area contributed by atoms with Gasteiger partial charge in [0.05, 0.1) is 11.1 Å². The van der Waals surface area contributed by atoms with Gasteiger partial charge in [0, 0.05) is 12.2 Å². The second-order valence-electron chi connectivity index (χ2n) is 4.39. The molecule has 0 aliphatic rings. The quantitative estimate of drug-likeness (QED) is 0.753. The summed E-state index contributed by atoms with van der Waals surface area (Å²) in [4.78, 5) is 0. The molecule has 110 valence electrons. The molecule has 2 aromatic rings. The fraction of sp³-hybridized carbons (Fsp3) is 0.133. The highest BCUT2D eigenvalue weighted by molar-refractivity contribution is 7.80. The molecule has 0 unspecified atom stereocenters. The minimum Gasteiger partial charge on any atom is -0.387 e. The van der Waals surface area contributed by atoms with Crippen molar-refractivity contribution in [3.05, 3.63) is 64.9 Å². The van der Waals surface area contributed by atoms with Gasteiger partial charge in [0.2, 0.25) is 0 Å². The first-order valence-electron chi connectivity index (χ1n) is 6.29. The maximum absolute atomic E-state index is 13.0. The first kappa shape index (κ1) is 15.7. The van der Waals surface area contributed by atoms with E-state index in [0.717, 1.165) is 5.56 Å². The third-order valence-electron chi connectivity index (χ3n) is 2.82.